The molecule has 0 bridgehead atoms. The fourth-order valence-electron chi connectivity index (χ4n) is 6.80. The van der Waals surface area contributed by atoms with Crippen LogP contribution < -0.4 is 10.6 Å². The summed E-state index contributed by atoms with van der Waals surface area (Å²) in [5.41, 5.74) is 5.77. The molecule has 0 aromatic heterocycles. The zero-order chi connectivity index (χ0) is 29.5. The van der Waals surface area contributed by atoms with Crippen LogP contribution in [-0.4, -0.2) is 58.9 Å². The first-order chi connectivity index (χ1) is 18.6. The van der Waals surface area contributed by atoms with Crippen LogP contribution in [0.2, 0.25) is 0 Å². The maximum Gasteiger partial charge on any atom is 0.235 e. The molecule has 2 aromatic rings. The zero-order valence-corrected chi connectivity index (χ0v) is 23.3. The minimum atomic E-state index is -2.66. The molecule has 1 amide bonds. The van der Waals surface area contributed by atoms with Gasteiger partial charge in [-0.1, -0.05) is 32.9 Å². The average Bonchev–Trinajstić information content (AvgIpc) is 2.85. The summed E-state index contributed by atoms with van der Waals surface area (Å²) in [7, 11) is 3.86. The molecule has 0 heterocycles. The maximum absolute atomic E-state index is 14.1. The van der Waals surface area contributed by atoms with Gasteiger partial charge in [-0.2, -0.15) is 0 Å². The summed E-state index contributed by atoms with van der Waals surface area (Å²) in [5, 5.41) is 22.9. The van der Waals surface area contributed by atoms with Crippen LogP contribution in [0.5, 0.6) is 5.75 Å². The molecule has 3 aliphatic carbocycles. The largest absolute Gasteiger partial charge is 0.507 e. The van der Waals surface area contributed by atoms with E-state index in [1.165, 1.54) is 0 Å². The number of nitrogens with zero attached hydrogens (tertiary/aromatic N) is 1. The van der Waals surface area contributed by atoms with Crippen molar-refractivity contribution in [3.8, 4) is 16.9 Å². The average molecular weight is 547 g/mol. The van der Waals surface area contributed by atoms with Crippen LogP contribution in [0.15, 0.2) is 30.3 Å². The van der Waals surface area contributed by atoms with E-state index in [-0.39, 0.29) is 30.6 Å². The van der Waals surface area contributed by atoms with E-state index in [2.05, 4.69) is 0 Å². The van der Waals surface area contributed by atoms with Crippen LogP contribution >= 0.6 is 0 Å². The van der Waals surface area contributed by atoms with Crippen molar-refractivity contribution < 1.29 is 34.2 Å². The fraction of sp³-hybridized carbons (Fsp3) is 0.452. The van der Waals surface area contributed by atoms with Gasteiger partial charge in [0, 0.05) is 37.7 Å². The van der Waals surface area contributed by atoms with E-state index in [0.717, 1.165) is 16.8 Å². The second kappa shape index (κ2) is 9.09. The second-order valence-corrected chi connectivity index (χ2v) is 12.6. The summed E-state index contributed by atoms with van der Waals surface area (Å²) in [6.07, 6.45) is -0.0742. The summed E-state index contributed by atoms with van der Waals surface area (Å²) in [6.45, 7) is 5.72. The summed E-state index contributed by atoms with van der Waals surface area (Å²) < 4.78 is 0. The first kappa shape index (κ1) is 27.7. The Bertz CT molecular complexity index is 1480. The molecule has 2 aromatic carbocycles. The molecule has 2 fully saturated rings. The van der Waals surface area contributed by atoms with Gasteiger partial charge in [-0.3, -0.25) is 24.0 Å². The van der Waals surface area contributed by atoms with Gasteiger partial charge in [-0.05, 0) is 59.1 Å². The normalized spacial score (nSPS) is 28.1. The number of Topliss-reactive ketones (excluding diaryl/α,β-unsaturated/α-hetero) is 4. The number of hydrogen-bond acceptors (Lipinski definition) is 8. The van der Waals surface area contributed by atoms with Crippen molar-refractivity contribution in [1.29, 1.82) is 0 Å². The van der Waals surface area contributed by atoms with Gasteiger partial charge in [-0.25, -0.2) is 0 Å². The molecule has 9 nitrogen and oxygen atoms in total. The van der Waals surface area contributed by atoms with E-state index in [0.29, 0.717) is 11.1 Å². The lowest BCUT2D eigenvalue weighted by Gasteiger charge is -2.48. The SMILES string of the molecule is CN(C)c1ccc(-c2cc(C(C)(C)C)c(O)c3c2C[C@H]2C[C@H]4CC(=O)C(C(N)=O)C(=O)[C@@]4(O)C(=O)C2C3=O)cc1. The van der Waals surface area contributed by atoms with E-state index in [9.17, 15) is 34.2 Å². The van der Waals surface area contributed by atoms with E-state index < -0.39 is 63.7 Å². The Morgan fingerprint density at radius 3 is 2.20 bits per heavy atom. The molecule has 2 unspecified atom stereocenters. The topological polar surface area (TPSA) is 155 Å². The van der Waals surface area contributed by atoms with Gasteiger partial charge >= 0.3 is 0 Å². The minimum Gasteiger partial charge on any atom is -0.507 e. The first-order valence-electron chi connectivity index (χ1n) is 13.4. The summed E-state index contributed by atoms with van der Waals surface area (Å²) in [6, 6.07) is 9.68. The standard InChI is InChI=1S/C31H34N2O7/c1-30(2,3)20-13-18(14-6-8-17(9-7-14)33(4)5)19-11-15-10-16-12-21(34)24(29(32)39)28(38)31(16,40)27(37)22(15)26(36)23(19)25(20)35/h6-9,13,15-16,22,24,35,40H,10-12H2,1-5H3,(H2,32,39)/t15-,16+,22?,24?,31+/m1/s1. The van der Waals surface area contributed by atoms with Crippen molar-refractivity contribution in [2.75, 3.05) is 19.0 Å². The highest BCUT2D eigenvalue weighted by atomic mass is 16.3. The number of anilines is 1. The minimum absolute atomic E-state index is 0.0153. The number of phenols is 1. The highest BCUT2D eigenvalue weighted by Crippen LogP contribution is 2.52. The summed E-state index contributed by atoms with van der Waals surface area (Å²) >= 11 is 0. The van der Waals surface area contributed by atoms with E-state index in [1.807, 2.05) is 70.1 Å². The van der Waals surface area contributed by atoms with Crippen molar-refractivity contribution in [3.63, 3.8) is 0 Å². The van der Waals surface area contributed by atoms with Crippen LogP contribution in [0.4, 0.5) is 5.69 Å². The Morgan fingerprint density at radius 1 is 1.02 bits per heavy atom. The van der Waals surface area contributed by atoms with Crippen molar-refractivity contribution >= 4 is 34.7 Å². The van der Waals surface area contributed by atoms with Crippen LogP contribution in [0.25, 0.3) is 11.1 Å². The molecule has 210 valence electrons. The van der Waals surface area contributed by atoms with Crippen molar-refractivity contribution in [2.45, 2.75) is 51.0 Å². The third kappa shape index (κ3) is 3.90. The lowest BCUT2D eigenvalue weighted by Crippen LogP contribution is -2.68. The van der Waals surface area contributed by atoms with Gasteiger partial charge in [0.25, 0.3) is 0 Å². The number of ketones is 4. The number of benzene rings is 2. The van der Waals surface area contributed by atoms with Crippen molar-refractivity contribution in [2.24, 2.45) is 29.4 Å². The molecule has 4 N–H and O–H groups in total. The predicted molar refractivity (Wildman–Crippen MR) is 147 cm³/mol. The number of carbonyl (C=O) groups excluding carboxylic acids is 5. The number of phenolic OH excluding ortho intramolecular Hbond substituents is 1. The quantitative estimate of drug-likeness (QED) is 0.496. The Balaban J connectivity index is 1.68. The molecular weight excluding hydrogens is 512 g/mol. The third-order valence-electron chi connectivity index (χ3n) is 8.90. The van der Waals surface area contributed by atoms with Gasteiger partial charge in [0.05, 0.1) is 11.5 Å². The monoisotopic (exact) mass is 546 g/mol. The van der Waals surface area contributed by atoms with E-state index >= 15 is 0 Å². The van der Waals surface area contributed by atoms with Gasteiger partial charge in [0.1, 0.15) is 5.75 Å². The Labute approximate surface area is 232 Å². The van der Waals surface area contributed by atoms with Crippen LogP contribution in [0.3, 0.4) is 0 Å². The smallest absolute Gasteiger partial charge is 0.235 e. The maximum atomic E-state index is 14.1. The summed E-state index contributed by atoms with van der Waals surface area (Å²) in [4.78, 5) is 67.6. The first-order valence-corrected chi connectivity index (χ1v) is 13.4. The molecular formula is C31H34N2O7. The molecule has 5 atom stereocenters. The number of amides is 1. The van der Waals surface area contributed by atoms with Crippen molar-refractivity contribution in [3.05, 3.63) is 47.0 Å². The number of hydrogen-bond donors (Lipinski definition) is 3. The van der Waals surface area contributed by atoms with Crippen LogP contribution in [-0.2, 0) is 31.0 Å². The molecule has 3 aliphatic rings. The Morgan fingerprint density at radius 2 is 1.65 bits per heavy atom. The third-order valence-corrected chi connectivity index (χ3v) is 8.90. The lowest BCUT2D eigenvalue weighted by molar-refractivity contribution is -0.175. The number of rotatable bonds is 3. The fourth-order valence-corrected chi connectivity index (χ4v) is 6.80. The second-order valence-electron chi connectivity index (χ2n) is 12.6. The summed E-state index contributed by atoms with van der Waals surface area (Å²) in [5.74, 6) is -10.1. The predicted octanol–water partition coefficient (Wildman–Crippen LogP) is 2.36. The van der Waals surface area contributed by atoms with Crippen LogP contribution in [0, 0.1) is 23.7 Å². The van der Waals surface area contributed by atoms with E-state index in [1.54, 1.807) is 0 Å². The van der Waals surface area contributed by atoms with Crippen LogP contribution in [0.1, 0.15) is 55.1 Å². The van der Waals surface area contributed by atoms with Crippen molar-refractivity contribution in [1.82, 2.24) is 0 Å². The number of aliphatic hydroxyl groups is 1. The molecule has 2 saturated carbocycles. The highest BCUT2D eigenvalue weighted by molar-refractivity contribution is 6.31. The molecule has 5 rings (SSSR count). The molecule has 0 spiro atoms. The van der Waals surface area contributed by atoms with Gasteiger partial charge in [-0.15, -0.1) is 0 Å². The molecule has 0 aliphatic heterocycles. The number of nitrogens with two attached hydrogens (primary N) is 1. The van der Waals surface area contributed by atoms with E-state index in [4.69, 9.17) is 5.73 Å². The Kier molecular flexibility index (Phi) is 6.30. The van der Waals surface area contributed by atoms with Gasteiger partial charge < -0.3 is 20.8 Å². The number of primary amides is 1. The lowest BCUT2D eigenvalue weighted by atomic mass is 9.53. The molecule has 9 heteroatoms. The molecule has 0 radical (unpaired) electrons. The number of fused-ring (bicyclic) bond motifs is 3. The molecule has 0 saturated heterocycles. The zero-order valence-electron chi connectivity index (χ0n) is 23.3. The number of carbonyl (C=O) groups is 5. The number of aromatic hydroxyl groups is 1. The Hall–Kier alpha value is -3.85. The molecule has 40 heavy (non-hydrogen) atoms. The van der Waals surface area contributed by atoms with Gasteiger partial charge in [0.2, 0.25) is 5.91 Å². The highest BCUT2D eigenvalue weighted by Gasteiger charge is 2.66. The van der Waals surface area contributed by atoms with Gasteiger partial charge in [0.15, 0.2) is 34.7 Å².